The Morgan fingerprint density at radius 1 is 1.09 bits per heavy atom. The second-order valence-corrected chi connectivity index (χ2v) is 6.49. The highest BCUT2D eigenvalue weighted by Gasteiger charge is 2.24. The predicted molar refractivity (Wildman–Crippen MR) is 92.3 cm³/mol. The van der Waals surface area contributed by atoms with Crippen molar-refractivity contribution in [3.05, 3.63) is 64.5 Å². The van der Waals surface area contributed by atoms with Gasteiger partial charge in [0.25, 0.3) is 0 Å². The summed E-state index contributed by atoms with van der Waals surface area (Å²) in [6, 6.07) is 13.2. The third kappa shape index (κ3) is 2.65. The maximum absolute atomic E-state index is 4.67. The fourth-order valence-corrected chi connectivity index (χ4v) is 3.90. The molecule has 3 nitrogen and oxygen atoms in total. The summed E-state index contributed by atoms with van der Waals surface area (Å²) in [5, 5.41) is 9.09. The van der Waals surface area contributed by atoms with Gasteiger partial charge in [0.2, 0.25) is 0 Å². The smallest absolute Gasteiger partial charge is 0.0702 e. The van der Waals surface area contributed by atoms with Crippen molar-refractivity contribution in [1.29, 1.82) is 0 Å². The molecule has 2 aromatic heterocycles. The fraction of sp³-hybridized carbons (Fsp3) is 0.278. The van der Waals surface area contributed by atoms with Crippen molar-refractivity contribution in [2.75, 3.05) is 26.2 Å². The van der Waals surface area contributed by atoms with Gasteiger partial charge in [-0.3, -0.25) is 9.88 Å². The Morgan fingerprint density at radius 3 is 2.77 bits per heavy atom. The van der Waals surface area contributed by atoms with E-state index in [9.17, 15) is 0 Å². The Morgan fingerprint density at radius 2 is 1.95 bits per heavy atom. The number of nitrogens with one attached hydrogen (secondary N) is 1. The largest absolute Gasteiger partial charge is 0.314 e. The number of benzene rings is 1. The van der Waals surface area contributed by atoms with Gasteiger partial charge in [-0.25, -0.2) is 0 Å². The van der Waals surface area contributed by atoms with Crippen molar-refractivity contribution < 1.29 is 0 Å². The first-order valence-electron chi connectivity index (χ1n) is 7.73. The first-order valence-corrected chi connectivity index (χ1v) is 8.68. The summed E-state index contributed by atoms with van der Waals surface area (Å²) in [5.74, 6) is 0. The number of piperazine rings is 1. The zero-order valence-corrected chi connectivity index (χ0v) is 13.2. The van der Waals surface area contributed by atoms with Gasteiger partial charge in [0.05, 0.1) is 11.6 Å². The lowest BCUT2D eigenvalue weighted by Gasteiger charge is -2.35. The zero-order chi connectivity index (χ0) is 14.8. The molecule has 0 spiro atoms. The summed E-state index contributed by atoms with van der Waals surface area (Å²) in [7, 11) is 0. The molecule has 1 unspecified atom stereocenters. The van der Waals surface area contributed by atoms with Gasteiger partial charge in [-0.15, -0.1) is 0 Å². The van der Waals surface area contributed by atoms with Gasteiger partial charge in [0.15, 0.2) is 0 Å². The van der Waals surface area contributed by atoms with E-state index >= 15 is 0 Å². The van der Waals surface area contributed by atoms with Crippen LogP contribution in [0.3, 0.4) is 0 Å². The van der Waals surface area contributed by atoms with Crippen LogP contribution in [-0.4, -0.2) is 36.1 Å². The van der Waals surface area contributed by atoms with Gasteiger partial charge in [0.1, 0.15) is 0 Å². The van der Waals surface area contributed by atoms with E-state index in [4.69, 9.17) is 0 Å². The molecule has 0 aliphatic carbocycles. The second kappa shape index (κ2) is 6.16. The lowest BCUT2D eigenvalue weighted by atomic mass is 9.99. The van der Waals surface area contributed by atoms with Crippen LogP contribution in [0.25, 0.3) is 10.9 Å². The van der Waals surface area contributed by atoms with Gasteiger partial charge in [-0.2, -0.15) is 11.3 Å². The molecule has 3 heterocycles. The molecule has 1 N–H and O–H groups in total. The zero-order valence-electron chi connectivity index (χ0n) is 12.4. The van der Waals surface area contributed by atoms with E-state index in [0.717, 1.165) is 31.7 Å². The van der Waals surface area contributed by atoms with Crippen molar-refractivity contribution in [2.45, 2.75) is 6.04 Å². The van der Waals surface area contributed by atoms with Crippen LogP contribution in [0.4, 0.5) is 0 Å². The first-order chi connectivity index (χ1) is 10.9. The Labute approximate surface area is 134 Å². The van der Waals surface area contributed by atoms with E-state index in [1.807, 2.05) is 12.3 Å². The highest BCUT2D eigenvalue weighted by molar-refractivity contribution is 7.08. The highest BCUT2D eigenvalue weighted by atomic mass is 32.1. The monoisotopic (exact) mass is 309 g/mol. The van der Waals surface area contributed by atoms with Crippen LogP contribution >= 0.6 is 11.3 Å². The standard InChI is InChI=1S/C18H19N3S/c1-2-4-17-14(3-1)11-16(12-20-17)18(15-5-10-22-13-15)21-8-6-19-7-9-21/h1-5,10-13,18-19H,6-9H2. The Kier molecular flexibility index (Phi) is 3.89. The number of hydrogen-bond acceptors (Lipinski definition) is 4. The molecule has 1 fully saturated rings. The number of aromatic nitrogens is 1. The van der Waals surface area contributed by atoms with Crippen LogP contribution in [0, 0.1) is 0 Å². The molecule has 112 valence electrons. The van der Waals surface area contributed by atoms with Gasteiger partial charge >= 0.3 is 0 Å². The molecular weight excluding hydrogens is 290 g/mol. The molecule has 4 heteroatoms. The summed E-state index contributed by atoms with van der Waals surface area (Å²) in [6.45, 7) is 4.27. The molecule has 0 bridgehead atoms. The molecule has 0 radical (unpaired) electrons. The molecule has 1 aromatic carbocycles. The highest BCUT2D eigenvalue weighted by Crippen LogP contribution is 2.31. The molecule has 22 heavy (non-hydrogen) atoms. The van der Waals surface area contributed by atoms with Crippen molar-refractivity contribution >= 4 is 22.2 Å². The van der Waals surface area contributed by atoms with Crippen molar-refractivity contribution in [3.8, 4) is 0 Å². The average Bonchev–Trinajstić information content (AvgIpc) is 3.10. The van der Waals surface area contributed by atoms with Crippen LogP contribution in [0.2, 0.25) is 0 Å². The Balaban J connectivity index is 1.78. The molecule has 1 aliphatic heterocycles. The van der Waals surface area contributed by atoms with E-state index in [0.29, 0.717) is 6.04 Å². The van der Waals surface area contributed by atoms with Crippen LogP contribution < -0.4 is 5.32 Å². The molecule has 0 saturated carbocycles. The molecule has 1 saturated heterocycles. The summed E-state index contributed by atoms with van der Waals surface area (Å²) < 4.78 is 0. The number of hydrogen-bond donors (Lipinski definition) is 1. The summed E-state index contributed by atoms with van der Waals surface area (Å²) in [4.78, 5) is 7.23. The number of fused-ring (bicyclic) bond motifs is 1. The first kappa shape index (κ1) is 13.9. The molecule has 3 aromatic rings. The molecule has 1 aliphatic rings. The predicted octanol–water partition coefficient (Wildman–Crippen LogP) is 3.29. The Bertz CT molecular complexity index is 748. The quantitative estimate of drug-likeness (QED) is 0.805. The van der Waals surface area contributed by atoms with Crippen LogP contribution in [0.15, 0.2) is 53.4 Å². The summed E-state index contributed by atoms with van der Waals surface area (Å²) in [6.07, 6.45) is 2.05. The van der Waals surface area contributed by atoms with E-state index in [1.165, 1.54) is 16.5 Å². The van der Waals surface area contributed by atoms with Crippen LogP contribution in [0.5, 0.6) is 0 Å². The Hall–Kier alpha value is -1.75. The van der Waals surface area contributed by atoms with Crippen molar-refractivity contribution in [3.63, 3.8) is 0 Å². The number of thiophene rings is 1. The minimum atomic E-state index is 0.311. The van der Waals surface area contributed by atoms with Gasteiger partial charge in [-0.05, 0) is 40.1 Å². The lowest BCUT2D eigenvalue weighted by molar-refractivity contribution is 0.198. The maximum atomic E-state index is 4.67. The number of para-hydroxylation sites is 1. The molecule has 1 atom stereocenters. The third-order valence-corrected chi connectivity index (χ3v) is 5.00. The maximum Gasteiger partial charge on any atom is 0.0702 e. The van der Waals surface area contributed by atoms with E-state index < -0.39 is 0 Å². The van der Waals surface area contributed by atoms with Gasteiger partial charge < -0.3 is 5.32 Å². The number of nitrogens with zero attached hydrogens (tertiary/aromatic N) is 2. The van der Waals surface area contributed by atoms with Crippen molar-refractivity contribution in [1.82, 2.24) is 15.2 Å². The van der Waals surface area contributed by atoms with Crippen LogP contribution in [0.1, 0.15) is 17.2 Å². The molecular formula is C18H19N3S. The fourth-order valence-electron chi connectivity index (χ4n) is 3.22. The minimum absolute atomic E-state index is 0.311. The minimum Gasteiger partial charge on any atom is -0.314 e. The topological polar surface area (TPSA) is 28.2 Å². The number of pyridine rings is 1. The van der Waals surface area contributed by atoms with E-state index in [-0.39, 0.29) is 0 Å². The molecule has 4 rings (SSSR count). The van der Waals surface area contributed by atoms with Crippen LogP contribution in [-0.2, 0) is 0 Å². The average molecular weight is 309 g/mol. The second-order valence-electron chi connectivity index (χ2n) is 5.71. The lowest BCUT2D eigenvalue weighted by Crippen LogP contribution is -2.45. The third-order valence-electron chi connectivity index (χ3n) is 4.30. The summed E-state index contributed by atoms with van der Waals surface area (Å²) >= 11 is 1.77. The summed E-state index contributed by atoms with van der Waals surface area (Å²) in [5.41, 5.74) is 3.73. The van der Waals surface area contributed by atoms with E-state index in [1.54, 1.807) is 11.3 Å². The van der Waals surface area contributed by atoms with Crippen molar-refractivity contribution in [2.24, 2.45) is 0 Å². The SMILES string of the molecule is c1ccc2ncc(C(c3ccsc3)N3CCNCC3)cc2c1. The van der Waals surface area contributed by atoms with Gasteiger partial charge in [0, 0.05) is 37.8 Å². The normalized spacial score (nSPS) is 17.6. The number of rotatable bonds is 3. The molecule has 0 amide bonds. The van der Waals surface area contributed by atoms with Gasteiger partial charge in [-0.1, -0.05) is 18.2 Å². The van der Waals surface area contributed by atoms with E-state index in [2.05, 4.69) is 56.3 Å².